The van der Waals surface area contributed by atoms with E-state index in [9.17, 15) is 0 Å². The Morgan fingerprint density at radius 2 is 2.05 bits per heavy atom. The molecule has 0 bridgehead atoms. The Bertz CT molecular complexity index is 442. The van der Waals surface area contributed by atoms with Crippen LogP contribution in [0, 0.1) is 5.92 Å². The minimum absolute atomic E-state index is 0.142. The fourth-order valence-corrected chi connectivity index (χ4v) is 3.38. The van der Waals surface area contributed by atoms with Crippen LogP contribution in [0.4, 0.5) is 0 Å². The van der Waals surface area contributed by atoms with Gasteiger partial charge < -0.3 is 14.8 Å². The monoisotopic (exact) mass is 292 g/mol. The molecule has 0 radical (unpaired) electrons. The number of likely N-dealkylation sites (N-methyl/N-ethyl adjacent to an activating group) is 1. The minimum Gasteiger partial charge on any atom is -0.495 e. The van der Waals surface area contributed by atoms with Crippen molar-refractivity contribution in [3.05, 3.63) is 24.0 Å². The van der Waals surface area contributed by atoms with Crippen LogP contribution in [0.15, 0.2) is 18.5 Å². The highest BCUT2D eigenvalue weighted by Crippen LogP contribution is 2.43. The van der Waals surface area contributed by atoms with Crippen LogP contribution >= 0.6 is 0 Å². The maximum Gasteiger partial charge on any atom is 0.137 e. The molecule has 1 unspecified atom stereocenters. The first kappa shape index (κ1) is 16.2. The van der Waals surface area contributed by atoms with Gasteiger partial charge in [-0.3, -0.25) is 4.98 Å². The van der Waals surface area contributed by atoms with Gasteiger partial charge >= 0.3 is 0 Å². The lowest BCUT2D eigenvalue weighted by Crippen LogP contribution is -2.48. The molecule has 1 aromatic heterocycles. The Morgan fingerprint density at radius 1 is 1.33 bits per heavy atom. The van der Waals surface area contributed by atoms with E-state index in [0.717, 1.165) is 36.6 Å². The van der Waals surface area contributed by atoms with Crippen molar-refractivity contribution in [3.8, 4) is 5.75 Å². The van der Waals surface area contributed by atoms with Crippen molar-refractivity contribution < 1.29 is 9.47 Å². The van der Waals surface area contributed by atoms with Gasteiger partial charge in [0.25, 0.3) is 0 Å². The summed E-state index contributed by atoms with van der Waals surface area (Å²) in [6, 6.07) is 2.22. The Labute approximate surface area is 128 Å². The number of ether oxygens (including phenoxy) is 2. The summed E-state index contributed by atoms with van der Waals surface area (Å²) >= 11 is 0. The lowest BCUT2D eigenvalue weighted by molar-refractivity contribution is -0.0758. The number of hydrogen-bond acceptors (Lipinski definition) is 4. The molecule has 4 heteroatoms. The maximum absolute atomic E-state index is 6.04. The Balaban J connectivity index is 2.31. The SMILES string of the molecule is CCNC(c1cncc(OC)c1)C1(OC)CCC(C)CC1. The summed E-state index contributed by atoms with van der Waals surface area (Å²) in [6.45, 7) is 5.37. The topological polar surface area (TPSA) is 43.4 Å². The highest BCUT2D eigenvalue weighted by Gasteiger charge is 2.42. The van der Waals surface area contributed by atoms with Crippen molar-refractivity contribution in [1.82, 2.24) is 10.3 Å². The molecule has 1 aliphatic rings. The van der Waals surface area contributed by atoms with E-state index in [2.05, 4.69) is 30.2 Å². The van der Waals surface area contributed by atoms with Gasteiger partial charge in [0, 0.05) is 13.3 Å². The number of nitrogens with one attached hydrogen (secondary N) is 1. The number of hydrogen-bond donors (Lipinski definition) is 1. The molecule has 1 fully saturated rings. The fourth-order valence-electron chi connectivity index (χ4n) is 3.38. The zero-order valence-electron chi connectivity index (χ0n) is 13.7. The molecule has 0 spiro atoms. The van der Waals surface area contributed by atoms with E-state index in [1.165, 1.54) is 12.8 Å². The van der Waals surface area contributed by atoms with E-state index >= 15 is 0 Å². The first-order valence-corrected chi connectivity index (χ1v) is 7.92. The highest BCUT2D eigenvalue weighted by molar-refractivity contribution is 5.28. The molecule has 0 amide bonds. The van der Waals surface area contributed by atoms with Gasteiger partial charge in [0.15, 0.2) is 0 Å². The first-order chi connectivity index (χ1) is 10.1. The summed E-state index contributed by atoms with van der Waals surface area (Å²) in [7, 11) is 3.52. The van der Waals surface area contributed by atoms with E-state index in [-0.39, 0.29) is 11.6 Å². The van der Waals surface area contributed by atoms with E-state index in [4.69, 9.17) is 9.47 Å². The smallest absolute Gasteiger partial charge is 0.137 e. The van der Waals surface area contributed by atoms with Gasteiger partial charge in [-0.2, -0.15) is 0 Å². The average molecular weight is 292 g/mol. The molecule has 118 valence electrons. The molecule has 21 heavy (non-hydrogen) atoms. The molecule has 0 aliphatic heterocycles. The Morgan fingerprint density at radius 3 is 2.62 bits per heavy atom. The molecule has 2 rings (SSSR count). The predicted octanol–water partition coefficient (Wildman–Crippen LogP) is 3.34. The maximum atomic E-state index is 6.04. The summed E-state index contributed by atoms with van der Waals surface area (Å²) in [5, 5.41) is 3.61. The van der Waals surface area contributed by atoms with Gasteiger partial charge in [0.05, 0.1) is 24.9 Å². The van der Waals surface area contributed by atoms with Gasteiger partial charge in [0.2, 0.25) is 0 Å². The van der Waals surface area contributed by atoms with Crippen molar-refractivity contribution in [3.63, 3.8) is 0 Å². The zero-order valence-corrected chi connectivity index (χ0v) is 13.7. The molecule has 1 atom stereocenters. The van der Waals surface area contributed by atoms with Crippen LogP contribution in [-0.2, 0) is 4.74 Å². The molecular weight excluding hydrogens is 264 g/mol. The largest absolute Gasteiger partial charge is 0.495 e. The Kier molecular flexibility index (Phi) is 5.59. The van der Waals surface area contributed by atoms with Crippen LogP contribution in [0.5, 0.6) is 5.75 Å². The van der Waals surface area contributed by atoms with E-state index in [1.54, 1.807) is 13.3 Å². The van der Waals surface area contributed by atoms with Crippen molar-refractivity contribution >= 4 is 0 Å². The minimum atomic E-state index is -0.142. The third-order valence-corrected chi connectivity index (χ3v) is 4.76. The van der Waals surface area contributed by atoms with Crippen LogP contribution in [0.25, 0.3) is 0 Å². The second kappa shape index (κ2) is 7.23. The summed E-state index contributed by atoms with van der Waals surface area (Å²) < 4.78 is 11.4. The standard InChI is InChI=1S/C17H28N2O2/c1-5-19-16(14-10-15(20-3)12-18-11-14)17(21-4)8-6-13(2)7-9-17/h10-13,16,19H,5-9H2,1-4H3. The van der Waals surface area contributed by atoms with E-state index in [1.807, 2.05) is 13.3 Å². The van der Waals surface area contributed by atoms with Gasteiger partial charge in [-0.15, -0.1) is 0 Å². The van der Waals surface area contributed by atoms with Crippen molar-refractivity contribution in [2.45, 2.75) is 51.2 Å². The van der Waals surface area contributed by atoms with Crippen LogP contribution in [0.3, 0.4) is 0 Å². The van der Waals surface area contributed by atoms with E-state index < -0.39 is 0 Å². The van der Waals surface area contributed by atoms with Crippen LogP contribution in [0.2, 0.25) is 0 Å². The van der Waals surface area contributed by atoms with E-state index in [0.29, 0.717) is 0 Å². The first-order valence-electron chi connectivity index (χ1n) is 7.92. The van der Waals surface area contributed by atoms with Gasteiger partial charge in [-0.25, -0.2) is 0 Å². The number of methoxy groups -OCH3 is 2. The summed E-state index contributed by atoms with van der Waals surface area (Å²) in [4.78, 5) is 4.31. The van der Waals surface area contributed by atoms with Gasteiger partial charge in [-0.1, -0.05) is 13.8 Å². The van der Waals surface area contributed by atoms with Crippen LogP contribution in [-0.4, -0.2) is 31.3 Å². The van der Waals surface area contributed by atoms with Crippen molar-refractivity contribution in [2.24, 2.45) is 5.92 Å². The highest BCUT2D eigenvalue weighted by atomic mass is 16.5. The lowest BCUT2D eigenvalue weighted by atomic mass is 9.73. The second-order valence-electron chi connectivity index (χ2n) is 6.10. The Hall–Kier alpha value is -1.13. The molecule has 0 aromatic carbocycles. The summed E-state index contributed by atoms with van der Waals surface area (Å²) in [5.74, 6) is 1.59. The number of nitrogens with zero attached hydrogens (tertiary/aromatic N) is 1. The molecular formula is C17H28N2O2. The third-order valence-electron chi connectivity index (χ3n) is 4.76. The zero-order chi connectivity index (χ0) is 15.3. The number of pyridine rings is 1. The van der Waals surface area contributed by atoms with Gasteiger partial charge in [0.1, 0.15) is 5.75 Å². The third kappa shape index (κ3) is 3.55. The van der Waals surface area contributed by atoms with Crippen LogP contribution < -0.4 is 10.1 Å². The quantitative estimate of drug-likeness (QED) is 0.873. The van der Waals surface area contributed by atoms with Crippen LogP contribution in [0.1, 0.15) is 51.1 Å². The molecule has 1 aliphatic carbocycles. The lowest BCUT2D eigenvalue weighted by Gasteiger charge is -2.44. The summed E-state index contributed by atoms with van der Waals surface area (Å²) in [5.41, 5.74) is 1.00. The normalized spacial score (nSPS) is 27.3. The molecule has 4 nitrogen and oxygen atoms in total. The molecule has 0 saturated heterocycles. The molecule has 1 heterocycles. The van der Waals surface area contributed by atoms with Gasteiger partial charge in [-0.05, 0) is 49.8 Å². The average Bonchev–Trinajstić information content (AvgIpc) is 2.54. The predicted molar refractivity (Wildman–Crippen MR) is 84.6 cm³/mol. The fraction of sp³-hybridized carbons (Fsp3) is 0.706. The second-order valence-corrected chi connectivity index (χ2v) is 6.10. The molecule has 1 saturated carbocycles. The number of rotatable bonds is 6. The van der Waals surface area contributed by atoms with Crippen molar-refractivity contribution in [1.29, 1.82) is 0 Å². The van der Waals surface area contributed by atoms with Crippen molar-refractivity contribution in [2.75, 3.05) is 20.8 Å². The number of aromatic nitrogens is 1. The summed E-state index contributed by atoms with van der Waals surface area (Å²) in [6.07, 6.45) is 8.27. The molecule has 1 aromatic rings. The molecule has 1 N–H and O–H groups in total.